The van der Waals surface area contributed by atoms with Gasteiger partial charge in [-0.3, -0.25) is 9.59 Å². The first-order valence-corrected chi connectivity index (χ1v) is 8.76. The van der Waals surface area contributed by atoms with Crippen molar-refractivity contribution in [3.63, 3.8) is 0 Å². The second kappa shape index (κ2) is 8.13. The summed E-state index contributed by atoms with van der Waals surface area (Å²) in [5.74, 6) is 4.67. The van der Waals surface area contributed by atoms with E-state index in [1.165, 1.54) is 18.2 Å². The summed E-state index contributed by atoms with van der Waals surface area (Å²) in [5, 5.41) is 0. The van der Waals surface area contributed by atoms with Crippen molar-refractivity contribution in [2.24, 2.45) is 0 Å². The summed E-state index contributed by atoms with van der Waals surface area (Å²) in [6.07, 6.45) is 2.39. The van der Waals surface area contributed by atoms with E-state index in [0.717, 1.165) is 12.8 Å². The first-order valence-electron chi connectivity index (χ1n) is 8.76. The van der Waals surface area contributed by atoms with Crippen molar-refractivity contribution in [1.29, 1.82) is 0 Å². The Labute approximate surface area is 156 Å². The first-order chi connectivity index (χ1) is 13.0. The maximum Gasteiger partial charge on any atom is 0.387 e. The molecule has 0 aromatic heterocycles. The van der Waals surface area contributed by atoms with E-state index in [0.29, 0.717) is 17.5 Å². The topological polar surface area (TPSA) is 43.4 Å². The molecule has 2 aromatic carbocycles. The minimum Gasteiger partial charge on any atom is -0.435 e. The third kappa shape index (κ3) is 4.59. The van der Waals surface area contributed by atoms with Gasteiger partial charge in [0.1, 0.15) is 5.75 Å². The van der Waals surface area contributed by atoms with Crippen LogP contribution in [0.4, 0.5) is 8.78 Å². The summed E-state index contributed by atoms with van der Waals surface area (Å²) >= 11 is 0. The maximum atomic E-state index is 12.6. The van der Waals surface area contributed by atoms with Gasteiger partial charge in [-0.05, 0) is 54.7 Å². The lowest BCUT2D eigenvalue weighted by Gasteiger charge is -2.11. The molecule has 0 amide bonds. The summed E-state index contributed by atoms with van der Waals surface area (Å²) < 4.78 is 29.7. The highest BCUT2D eigenvalue weighted by Gasteiger charge is 2.29. The van der Waals surface area contributed by atoms with Gasteiger partial charge in [-0.1, -0.05) is 30.9 Å². The molecule has 0 bridgehead atoms. The zero-order valence-electron chi connectivity index (χ0n) is 14.8. The van der Waals surface area contributed by atoms with Gasteiger partial charge < -0.3 is 4.74 Å². The lowest BCUT2D eigenvalue weighted by Crippen LogP contribution is -2.15. The normalized spacial score (nSPS) is 13.0. The Morgan fingerprint density at radius 3 is 2.44 bits per heavy atom. The van der Waals surface area contributed by atoms with E-state index >= 15 is 0 Å². The highest BCUT2D eigenvalue weighted by atomic mass is 19.3. The monoisotopic (exact) mass is 368 g/mol. The lowest BCUT2D eigenvalue weighted by molar-refractivity contribution is -0.0504. The van der Waals surface area contributed by atoms with Crippen molar-refractivity contribution in [1.82, 2.24) is 0 Å². The highest BCUT2D eigenvalue weighted by molar-refractivity contribution is 6.49. The summed E-state index contributed by atoms with van der Waals surface area (Å²) in [4.78, 5) is 25.2. The number of hydrogen-bond donors (Lipinski definition) is 0. The Morgan fingerprint density at radius 2 is 1.81 bits per heavy atom. The van der Waals surface area contributed by atoms with E-state index in [1.807, 2.05) is 6.92 Å². The molecule has 1 fully saturated rings. The van der Waals surface area contributed by atoms with Crippen LogP contribution in [0.3, 0.4) is 0 Å². The zero-order valence-corrected chi connectivity index (χ0v) is 14.8. The van der Waals surface area contributed by atoms with E-state index in [-0.39, 0.29) is 22.8 Å². The van der Waals surface area contributed by atoms with E-state index in [9.17, 15) is 18.4 Å². The molecule has 5 heteroatoms. The number of rotatable bonds is 6. The van der Waals surface area contributed by atoms with Crippen molar-refractivity contribution < 1.29 is 23.1 Å². The van der Waals surface area contributed by atoms with Crippen LogP contribution in [0.25, 0.3) is 0 Å². The molecule has 1 aliphatic carbocycles. The van der Waals surface area contributed by atoms with Crippen LogP contribution < -0.4 is 4.74 Å². The molecule has 0 saturated heterocycles. The third-order valence-electron chi connectivity index (χ3n) is 4.25. The standard InChI is InChI=1S/C22H18F2O3/c1-2-3-5-14-6-4-7-16(12-14)20(25)21(26)17-10-11-19(27-22(23)24)18(13-17)15-8-9-15/h4,6-7,10-13,15,22H,2,8-9H2,1H3. The van der Waals surface area contributed by atoms with Gasteiger partial charge in [-0.15, -0.1) is 0 Å². The van der Waals surface area contributed by atoms with Crippen LogP contribution in [0, 0.1) is 11.8 Å². The number of benzene rings is 2. The Bertz CT molecular complexity index is 934. The number of Topliss-reactive ketones (excluding diaryl/α,β-unsaturated/α-hetero) is 2. The molecule has 0 N–H and O–H groups in total. The quantitative estimate of drug-likeness (QED) is 0.410. The molecular weight excluding hydrogens is 350 g/mol. The Morgan fingerprint density at radius 1 is 1.11 bits per heavy atom. The number of alkyl halides is 2. The van der Waals surface area contributed by atoms with Crippen LogP contribution in [0.15, 0.2) is 42.5 Å². The van der Waals surface area contributed by atoms with Crippen LogP contribution in [-0.2, 0) is 0 Å². The molecule has 0 spiro atoms. The molecule has 138 valence electrons. The largest absolute Gasteiger partial charge is 0.435 e. The summed E-state index contributed by atoms with van der Waals surface area (Å²) in [7, 11) is 0. The maximum absolute atomic E-state index is 12.6. The fourth-order valence-electron chi connectivity index (χ4n) is 2.80. The molecule has 2 aromatic rings. The molecule has 0 unspecified atom stereocenters. The number of ketones is 2. The molecular formula is C22H18F2O3. The molecule has 0 heterocycles. The van der Waals surface area contributed by atoms with Crippen LogP contribution in [0.1, 0.15) is 63.9 Å². The minimum atomic E-state index is -2.93. The molecule has 3 nitrogen and oxygen atoms in total. The van der Waals surface area contributed by atoms with Crippen molar-refractivity contribution in [2.45, 2.75) is 38.7 Å². The van der Waals surface area contributed by atoms with Crippen LogP contribution in [-0.4, -0.2) is 18.2 Å². The average molecular weight is 368 g/mol. The van der Waals surface area contributed by atoms with Gasteiger partial charge in [0, 0.05) is 23.1 Å². The fourth-order valence-corrected chi connectivity index (χ4v) is 2.80. The van der Waals surface area contributed by atoms with Gasteiger partial charge in [-0.2, -0.15) is 8.78 Å². The van der Waals surface area contributed by atoms with E-state index < -0.39 is 18.2 Å². The highest BCUT2D eigenvalue weighted by Crippen LogP contribution is 2.45. The smallest absolute Gasteiger partial charge is 0.387 e. The predicted octanol–water partition coefficient (Wildman–Crippen LogP) is 4.99. The number of ether oxygens (including phenoxy) is 1. The van der Waals surface area contributed by atoms with E-state index in [2.05, 4.69) is 16.6 Å². The number of carbonyl (C=O) groups excluding carboxylic acids is 2. The molecule has 3 rings (SSSR count). The minimum absolute atomic E-state index is 0.0633. The first kappa shape index (κ1) is 18.8. The van der Waals surface area contributed by atoms with Gasteiger partial charge in [0.25, 0.3) is 0 Å². The molecule has 27 heavy (non-hydrogen) atoms. The van der Waals surface area contributed by atoms with Gasteiger partial charge >= 0.3 is 6.61 Å². The zero-order chi connectivity index (χ0) is 19.4. The number of hydrogen-bond acceptors (Lipinski definition) is 3. The van der Waals surface area contributed by atoms with Gasteiger partial charge in [-0.25, -0.2) is 0 Å². The SMILES string of the molecule is CCC#Cc1cccc(C(=O)C(=O)c2ccc(OC(F)F)c(C3CC3)c2)c1. The summed E-state index contributed by atoms with van der Waals surface area (Å²) in [6, 6.07) is 10.8. The molecule has 0 atom stereocenters. The van der Waals surface area contributed by atoms with Crippen molar-refractivity contribution in [3.05, 3.63) is 64.7 Å². The van der Waals surface area contributed by atoms with Crippen molar-refractivity contribution >= 4 is 11.6 Å². The summed E-state index contributed by atoms with van der Waals surface area (Å²) in [6.45, 7) is -1.01. The Hall–Kier alpha value is -3.00. The second-order valence-electron chi connectivity index (χ2n) is 6.30. The van der Waals surface area contributed by atoms with Gasteiger partial charge in [0.15, 0.2) is 0 Å². The predicted molar refractivity (Wildman–Crippen MR) is 97.3 cm³/mol. The van der Waals surface area contributed by atoms with Gasteiger partial charge in [0.05, 0.1) is 0 Å². The lowest BCUT2D eigenvalue weighted by atomic mass is 9.97. The third-order valence-corrected chi connectivity index (χ3v) is 4.25. The number of carbonyl (C=O) groups is 2. The van der Waals surface area contributed by atoms with Crippen molar-refractivity contribution in [3.8, 4) is 17.6 Å². The Kier molecular flexibility index (Phi) is 5.66. The fraction of sp³-hybridized carbons (Fsp3) is 0.273. The van der Waals surface area contributed by atoms with E-state index in [1.54, 1.807) is 24.3 Å². The second-order valence-corrected chi connectivity index (χ2v) is 6.30. The van der Waals surface area contributed by atoms with Crippen LogP contribution >= 0.6 is 0 Å². The average Bonchev–Trinajstić information content (AvgIpc) is 3.50. The number of halogens is 2. The van der Waals surface area contributed by atoms with Crippen LogP contribution in [0.5, 0.6) is 5.75 Å². The molecule has 0 radical (unpaired) electrons. The van der Waals surface area contributed by atoms with E-state index in [4.69, 9.17) is 0 Å². The summed E-state index contributed by atoms with van der Waals surface area (Å²) in [5.41, 5.74) is 1.64. The van der Waals surface area contributed by atoms with Crippen molar-refractivity contribution in [2.75, 3.05) is 0 Å². The Balaban J connectivity index is 1.87. The molecule has 0 aliphatic heterocycles. The molecule has 1 aliphatic rings. The molecule has 1 saturated carbocycles. The van der Waals surface area contributed by atoms with Gasteiger partial charge in [0.2, 0.25) is 11.6 Å². The van der Waals surface area contributed by atoms with Crippen LogP contribution in [0.2, 0.25) is 0 Å².